The predicted molar refractivity (Wildman–Crippen MR) is 110 cm³/mol. The molecular formula is C21H20FN5O3. The van der Waals surface area contributed by atoms with Gasteiger partial charge in [0.25, 0.3) is 0 Å². The third kappa shape index (κ3) is 3.16. The lowest BCUT2D eigenvalue weighted by molar-refractivity contribution is 0.0695. The van der Waals surface area contributed by atoms with Crippen LogP contribution < -0.4 is 15.2 Å². The molecule has 3 aromatic rings. The molecule has 1 aromatic carbocycles. The summed E-state index contributed by atoms with van der Waals surface area (Å²) in [5.41, 5.74) is 0.0530. The van der Waals surface area contributed by atoms with E-state index in [2.05, 4.69) is 14.9 Å². The zero-order valence-electron chi connectivity index (χ0n) is 16.2. The van der Waals surface area contributed by atoms with Gasteiger partial charge in [-0.3, -0.25) is 4.79 Å². The summed E-state index contributed by atoms with van der Waals surface area (Å²) in [4.78, 5) is 36.4. The van der Waals surface area contributed by atoms with E-state index in [4.69, 9.17) is 0 Å². The minimum atomic E-state index is -1.29. The highest BCUT2D eigenvalue weighted by atomic mass is 19.1. The van der Waals surface area contributed by atoms with E-state index >= 15 is 4.39 Å². The van der Waals surface area contributed by atoms with Gasteiger partial charge < -0.3 is 19.5 Å². The van der Waals surface area contributed by atoms with Crippen LogP contribution in [0.3, 0.4) is 0 Å². The lowest BCUT2D eigenvalue weighted by atomic mass is 10.1. The first kappa shape index (κ1) is 18.5. The van der Waals surface area contributed by atoms with Crippen molar-refractivity contribution in [2.45, 2.75) is 18.9 Å². The molecule has 30 heavy (non-hydrogen) atoms. The SMILES string of the molecule is O=C(O)c1cn(C2CC2)c2cc(N3CCN(c4ccncn4)CC3)c(F)cc2c1=O. The number of carbonyl (C=O) groups is 1. The minimum Gasteiger partial charge on any atom is -0.477 e. The maximum absolute atomic E-state index is 15.0. The molecule has 3 heterocycles. The van der Waals surface area contributed by atoms with E-state index in [9.17, 15) is 14.7 Å². The molecule has 1 saturated carbocycles. The Morgan fingerprint density at radius 3 is 2.50 bits per heavy atom. The van der Waals surface area contributed by atoms with Crippen molar-refractivity contribution in [3.05, 3.63) is 58.5 Å². The van der Waals surface area contributed by atoms with Crippen LogP contribution >= 0.6 is 0 Å². The van der Waals surface area contributed by atoms with Crippen LogP contribution in [-0.2, 0) is 0 Å². The van der Waals surface area contributed by atoms with Crippen molar-refractivity contribution >= 4 is 28.4 Å². The van der Waals surface area contributed by atoms with Crippen molar-refractivity contribution in [1.82, 2.24) is 14.5 Å². The third-order valence-corrected chi connectivity index (χ3v) is 5.78. The van der Waals surface area contributed by atoms with Gasteiger partial charge in [-0.1, -0.05) is 0 Å². The summed E-state index contributed by atoms with van der Waals surface area (Å²) in [6, 6.07) is 4.88. The van der Waals surface area contributed by atoms with Crippen LogP contribution in [0.5, 0.6) is 0 Å². The lowest BCUT2D eigenvalue weighted by Gasteiger charge is -2.36. The maximum Gasteiger partial charge on any atom is 0.341 e. The number of nitrogens with zero attached hydrogens (tertiary/aromatic N) is 5. The first-order chi connectivity index (χ1) is 14.5. The average molecular weight is 409 g/mol. The number of pyridine rings is 1. The fourth-order valence-electron chi connectivity index (χ4n) is 4.06. The standard InChI is InChI=1S/C21H20FN5O3/c22-16-9-14-17(27(13-1-2-13)11-15(20(14)28)21(29)30)10-18(16)25-5-7-26(8-6-25)19-3-4-23-12-24-19/h3-4,9-13H,1-2,5-8H2,(H,29,30). The fraction of sp³-hybridized carbons (Fsp3) is 0.333. The number of hydrogen-bond acceptors (Lipinski definition) is 6. The summed E-state index contributed by atoms with van der Waals surface area (Å²) < 4.78 is 16.8. The van der Waals surface area contributed by atoms with Crippen molar-refractivity contribution in [1.29, 1.82) is 0 Å². The number of aromatic carboxylic acids is 1. The number of hydrogen-bond donors (Lipinski definition) is 1. The molecule has 1 aliphatic heterocycles. The van der Waals surface area contributed by atoms with Crippen molar-refractivity contribution in [3.63, 3.8) is 0 Å². The number of fused-ring (bicyclic) bond motifs is 1. The van der Waals surface area contributed by atoms with Crippen LogP contribution in [0.4, 0.5) is 15.9 Å². The van der Waals surface area contributed by atoms with E-state index in [1.165, 1.54) is 18.6 Å². The molecular weight excluding hydrogens is 389 g/mol. The van der Waals surface area contributed by atoms with Gasteiger partial charge in [0.05, 0.1) is 11.2 Å². The largest absolute Gasteiger partial charge is 0.477 e. The summed E-state index contributed by atoms with van der Waals surface area (Å²) in [5, 5.41) is 9.48. The first-order valence-corrected chi connectivity index (χ1v) is 9.90. The maximum atomic E-state index is 15.0. The van der Waals surface area contributed by atoms with E-state index in [0.717, 1.165) is 18.7 Å². The van der Waals surface area contributed by atoms with E-state index in [-0.39, 0.29) is 17.0 Å². The highest BCUT2D eigenvalue weighted by Gasteiger charge is 2.28. The molecule has 2 aromatic heterocycles. The number of piperazine rings is 1. The Morgan fingerprint density at radius 1 is 1.13 bits per heavy atom. The van der Waals surface area contributed by atoms with Crippen molar-refractivity contribution in [2.75, 3.05) is 36.0 Å². The van der Waals surface area contributed by atoms with Gasteiger partial charge in [0, 0.05) is 50.0 Å². The Kier molecular flexibility index (Phi) is 4.38. The second-order valence-corrected chi connectivity index (χ2v) is 7.68. The number of benzene rings is 1. The molecule has 0 bridgehead atoms. The second-order valence-electron chi connectivity index (χ2n) is 7.68. The van der Waals surface area contributed by atoms with Gasteiger partial charge >= 0.3 is 5.97 Å². The fourth-order valence-corrected chi connectivity index (χ4v) is 4.06. The second kappa shape index (κ2) is 7.08. The molecule has 0 radical (unpaired) electrons. The normalized spacial score (nSPS) is 16.8. The summed E-state index contributed by atoms with van der Waals surface area (Å²) in [5.74, 6) is -0.964. The average Bonchev–Trinajstić information content (AvgIpc) is 3.60. The van der Waals surface area contributed by atoms with E-state index in [0.29, 0.717) is 37.4 Å². The molecule has 1 aliphatic carbocycles. The molecule has 9 heteroatoms. The monoisotopic (exact) mass is 409 g/mol. The number of halogens is 1. The molecule has 0 spiro atoms. The molecule has 2 fully saturated rings. The van der Waals surface area contributed by atoms with Gasteiger partial charge in [-0.15, -0.1) is 0 Å². The number of carboxylic acid groups (broad SMARTS) is 1. The summed E-state index contributed by atoms with van der Waals surface area (Å²) in [6.45, 7) is 2.57. The van der Waals surface area contributed by atoms with Gasteiger partial charge in [0.15, 0.2) is 0 Å². The number of anilines is 2. The lowest BCUT2D eigenvalue weighted by Crippen LogP contribution is -2.47. The molecule has 8 nitrogen and oxygen atoms in total. The molecule has 0 unspecified atom stereocenters. The smallest absolute Gasteiger partial charge is 0.341 e. The van der Waals surface area contributed by atoms with Gasteiger partial charge in [0.2, 0.25) is 5.43 Å². The number of aromatic nitrogens is 3. The first-order valence-electron chi connectivity index (χ1n) is 9.90. The number of rotatable bonds is 4. The molecule has 1 saturated heterocycles. The summed E-state index contributed by atoms with van der Waals surface area (Å²) in [6.07, 6.45) is 6.44. The Bertz CT molecular complexity index is 1180. The highest BCUT2D eigenvalue weighted by Crippen LogP contribution is 2.38. The molecule has 5 rings (SSSR count). The minimum absolute atomic E-state index is 0.114. The molecule has 2 aliphatic rings. The van der Waals surface area contributed by atoms with E-state index < -0.39 is 17.2 Å². The Hall–Kier alpha value is -3.49. The van der Waals surface area contributed by atoms with Gasteiger partial charge in [-0.25, -0.2) is 19.2 Å². The number of carboxylic acids is 1. The van der Waals surface area contributed by atoms with Crippen LogP contribution in [0.2, 0.25) is 0 Å². The van der Waals surface area contributed by atoms with Crippen molar-refractivity contribution < 1.29 is 14.3 Å². The zero-order chi connectivity index (χ0) is 20.8. The van der Waals surface area contributed by atoms with Gasteiger partial charge in [-0.05, 0) is 31.0 Å². The van der Waals surface area contributed by atoms with Crippen LogP contribution in [0.15, 0.2) is 41.7 Å². The summed E-state index contributed by atoms with van der Waals surface area (Å²) >= 11 is 0. The predicted octanol–water partition coefficient (Wildman–Crippen LogP) is 2.29. The molecule has 1 N–H and O–H groups in total. The molecule has 0 atom stereocenters. The van der Waals surface area contributed by atoms with E-state index in [1.807, 2.05) is 15.5 Å². The van der Waals surface area contributed by atoms with Gasteiger partial charge in [0.1, 0.15) is 23.5 Å². The molecule has 0 amide bonds. The Labute approximate surface area is 171 Å². The van der Waals surface area contributed by atoms with Crippen LogP contribution in [0, 0.1) is 5.82 Å². The van der Waals surface area contributed by atoms with Gasteiger partial charge in [-0.2, -0.15) is 0 Å². The Morgan fingerprint density at radius 2 is 1.87 bits per heavy atom. The van der Waals surface area contributed by atoms with Crippen LogP contribution in [0.1, 0.15) is 29.2 Å². The van der Waals surface area contributed by atoms with Crippen molar-refractivity contribution in [2.24, 2.45) is 0 Å². The van der Waals surface area contributed by atoms with Crippen molar-refractivity contribution in [3.8, 4) is 0 Å². The Balaban J connectivity index is 1.51. The zero-order valence-corrected chi connectivity index (χ0v) is 16.2. The van der Waals surface area contributed by atoms with Crippen LogP contribution in [-0.4, -0.2) is 51.8 Å². The highest BCUT2D eigenvalue weighted by molar-refractivity contribution is 5.93. The molecule has 154 valence electrons. The van der Waals surface area contributed by atoms with E-state index in [1.54, 1.807) is 12.3 Å². The third-order valence-electron chi connectivity index (χ3n) is 5.78. The topological polar surface area (TPSA) is 91.6 Å². The quantitative estimate of drug-likeness (QED) is 0.707. The van der Waals surface area contributed by atoms with Crippen LogP contribution in [0.25, 0.3) is 10.9 Å². The summed E-state index contributed by atoms with van der Waals surface area (Å²) in [7, 11) is 0.